The summed E-state index contributed by atoms with van der Waals surface area (Å²) in [6, 6.07) is 3.61. The summed E-state index contributed by atoms with van der Waals surface area (Å²) < 4.78 is 1.01. The van der Waals surface area contributed by atoms with Crippen molar-refractivity contribution in [3.63, 3.8) is 0 Å². The van der Waals surface area contributed by atoms with Gasteiger partial charge in [-0.15, -0.1) is 11.3 Å². The zero-order valence-electron chi connectivity index (χ0n) is 9.44. The summed E-state index contributed by atoms with van der Waals surface area (Å²) in [5.74, 6) is 1.56. The van der Waals surface area contributed by atoms with Crippen LogP contribution in [0, 0.1) is 0 Å². The molecule has 3 heterocycles. The van der Waals surface area contributed by atoms with E-state index in [2.05, 4.69) is 21.2 Å². The van der Waals surface area contributed by atoms with E-state index >= 15 is 0 Å². The Hall–Kier alpha value is -0.530. The molecular weight excluding hydrogens is 336 g/mol. The number of carbonyl (C=O) groups is 2. The number of nitrogens with one attached hydrogen (secondary N) is 1. The Balaban J connectivity index is 1.80. The summed E-state index contributed by atoms with van der Waals surface area (Å²) >= 11 is 6.65. The molecular formula is C11H11BrN2O2S2. The predicted octanol–water partition coefficient (Wildman–Crippen LogP) is 2.44. The Kier molecular flexibility index (Phi) is 3.15. The molecule has 1 spiro atoms. The second-order valence-electron chi connectivity index (χ2n) is 4.41. The molecule has 2 saturated heterocycles. The smallest absolute Gasteiger partial charge is 0.322 e. The number of nitrogens with zero attached hydrogens (tertiary/aromatic N) is 1. The number of halogens is 1. The second kappa shape index (κ2) is 4.54. The van der Waals surface area contributed by atoms with Crippen LogP contribution < -0.4 is 5.32 Å². The third kappa shape index (κ3) is 1.98. The van der Waals surface area contributed by atoms with Gasteiger partial charge in [-0.3, -0.25) is 9.69 Å². The largest absolute Gasteiger partial charge is 0.325 e. The Morgan fingerprint density at radius 1 is 1.44 bits per heavy atom. The average Bonchev–Trinajstić information content (AvgIpc) is 2.99. The Labute approximate surface area is 121 Å². The fraction of sp³-hybridized carbons (Fsp3) is 0.455. The molecule has 2 aliphatic heterocycles. The summed E-state index contributed by atoms with van der Waals surface area (Å²) in [6.45, 7) is 0.368. The lowest BCUT2D eigenvalue weighted by Crippen LogP contribution is -2.46. The molecule has 0 saturated carbocycles. The van der Waals surface area contributed by atoms with Gasteiger partial charge in [0.2, 0.25) is 0 Å². The molecule has 1 aromatic rings. The van der Waals surface area contributed by atoms with E-state index in [1.807, 2.05) is 12.1 Å². The summed E-state index contributed by atoms with van der Waals surface area (Å²) in [5.41, 5.74) is -0.629. The van der Waals surface area contributed by atoms with Gasteiger partial charge in [-0.25, -0.2) is 4.79 Å². The molecule has 1 atom stereocenters. The van der Waals surface area contributed by atoms with Crippen LogP contribution in [0.5, 0.6) is 0 Å². The molecule has 0 radical (unpaired) electrons. The van der Waals surface area contributed by atoms with Gasteiger partial charge in [0.05, 0.1) is 10.3 Å². The van der Waals surface area contributed by atoms with Crippen molar-refractivity contribution in [3.05, 3.63) is 20.8 Å². The van der Waals surface area contributed by atoms with Crippen LogP contribution in [0.25, 0.3) is 0 Å². The number of carbonyl (C=O) groups excluding carboxylic acids is 2. The Morgan fingerprint density at radius 3 is 2.89 bits per heavy atom. The number of imide groups is 1. The zero-order valence-corrected chi connectivity index (χ0v) is 12.7. The van der Waals surface area contributed by atoms with Crippen LogP contribution in [-0.4, -0.2) is 33.9 Å². The van der Waals surface area contributed by atoms with Gasteiger partial charge in [-0.2, -0.15) is 11.8 Å². The highest BCUT2D eigenvalue weighted by Crippen LogP contribution is 2.34. The summed E-state index contributed by atoms with van der Waals surface area (Å²) in [6.07, 6.45) is 0.743. The Morgan fingerprint density at radius 2 is 2.28 bits per heavy atom. The van der Waals surface area contributed by atoms with Gasteiger partial charge in [0.1, 0.15) is 5.54 Å². The first kappa shape index (κ1) is 12.5. The van der Waals surface area contributed by atoms with Gasteiger partial charge in [0.15, 0.2) is 0 Å². The van der Waals surface area contributed by atoms with Crippen LogP contribution in [0.2, 0.25) is 0 Å². The lowest BCUT2D eigenvalue weighted by atomic mass is 9.99. The Bertz CT molecular complexity index is 511. The summed E-state index contributed by atoms with van der Waals surface area (Å²) in [4.78, 5) is 26.7. The van der Waals surface area contributed by atoms with Crippen LogP contribution in [0.15, 0.2) is 15.9 Å². The van der Waals surface area contributed by atoms with Crippen LogP contribution in [-0.2, 0) is 11.3 Å². The molecule has 0 aromatic carbocycles. The normalized spacial score (nSPS) is 27.3. The van der Waals surface area contributed by atoms with Crippen molar-refractivity contribution >= 4 is 51.0 Å². The molecule has 2 fully saturated rings. The molecule has 7 heteroatoms. The lowest BCUT2D eigenvalue weighted by Gasteiger charge is -2.18. The van der Waals surface area contributed by atoms with Crippen LogP contribution >= 0.6 is 39.0 Å². The SMILES string of the molecule is O=C1NC2(CCSC2)C(=O)N1Cc1ccc(Br)s1. The van der Waals surface area contributed by atoms with Crippen molar-refractivity contribution < 1.29 is 9.59 Å². The van der Waals surface area contributed by atoms with Crippen LogP contribution in [0.1, 0.15) is 11.3 Å². The van der Waals surface area contributed by atoms with E-state index in [-0.39, 0.29) is 11.9 Å². The maximum Gasteiger partial charge on any atom is 0.325 e. The van der Waals surface area contributed by atoms with Gasteiger partial charge in [-0.1, -0.05) is 0 Å². The van der Waals surface area contributed by atoms with Crippen molar-refractivity contribution in [1.29, 1.82) is 0 Å². The fourth-order valence-corrected chi connectivity index (χ4v) is 5.04. The van der Waals surface area contributed by atoms with Crippen molar-refractivity contribution in [2.24, 2.45) is 0 Å². The maximum atomic E-state index is 12.4. The van der Waals surface area contributed by atoms with Crippen molar-refractivity contribution in [1.82, 2.24) is 10.2 Å². The third-order valence-electron chi connectivity index (χ3n) is 3.21. The highest BCUT2D eigenvalue weighted by atomic mass is 79.9. The maximum absolute atomic E-state index is 12.4. The van der Waals surface area contributed by atoms with E-state index < -0.39 is 5.54 Å². The van der Waals surface area contributed by atoms with Crippen LogP contribution in [0.4, 0.5) is 4.79 Å². The summed E-state index contributed by atoms with van der Waals surface area (Å²) in [5, 5.41) is 2.87. The number of rotatable bonds is 2. The van der Waals surface area contributed by atoms with E-state index in [1.165, 1.54) is 4.90 Å². The molecule has 0 aliphatic carbocycles. The number of urea groups is 1. The lowest BCUT2D eigenvalue weighted by molar-refractivity contribution is -0.130. The van der Waals surface area contributed by atoms with E-state index in [0.717, 1.165) is 20.8 Å². The zero-order chi connectivity index (χ0) is 12.8. The van der Waals surface area contributed by atoms with Gasteiger partial charge in [0, 0.05) is 10.6 Å². The van der Waals surface area contributed by atoms with E-state index in [4.69, 9.17) is 0 Å². The van der Waals surface area contributed by atoms with Crippen molar-refractivity contribution in [2.45, 2.75) is 18.5 Å². The van der Waals surface area contributed by atoms with Gasteiger partial charge in [0.25, 0.3) is 5.91 Å². The predicted molar refractivity (Wildman–Crippen MR) is 75.8 cm³/mol. The van der Waals surface area contributed by atoms with E-state index in [9.17, 15) is 9.59 Å². The first-order valence-electron chi connectivity index (χ1n) is 5.57. The van der Waals surface area contributed by atoms with Crippen molar-refractivity contribution in [2.75, 3.05) is 11.5 Å². The van der Waals surface area contributed by atoms with Crippen LogP contribution in [0.3, 0.4) is 0 Å². The minimum Gasteiger partial charge on any atom is -0.322 e. The van der Waals surface area contributed by atoms with E-state index in [1.54, 1.807) is 23.1 Å². The highest BCUT2D eigenvalue weighted by molar-refractivity contribution is 9.11. The molecule has 3 amide bonds. The first-order chi connectivity index (χ1) is 8.61. The standard InChI is InChI=1S/C11H11BrN2O2S2/c12-8-2-1-7(18-8)5-14-9(15)11(13-10(14)16)3-4-17-6-11/h1-2H,3-6H2,(H,13,16). The molecule has 18 heavy (non-hydrogen) atoms. The van der Waals surface area contributed by atoms with E-state index in [0.29, 0.717) is 12.3 Å². The molecule has 96 valence electrons. The molecule has 0 bridgehead atoms. The molecule has 2 aliphatic rings. The fourth-order valence-electron chi connectivity index (χ4n) is 2.24. The number of thiophene rings is 1. The quantitative estimate of drug-likeness (QED) is 0.836. The second-order valence-corrected chi connectivity index (χ2v) is 8.06. The van der Waals surface area contributed by atoms with Crippen molar-refractivity contribution in [3.8, 4) is 0 Å². The minimum absolute atomic E-state index is 0.0676. The summed E-state index contributed by atoms with van der Waals surface area (Å²) in [7, 11) is 0. The topological polar surface area (TPSA) is 49.4 Å². The number of hydrogen-bond donors (Lipinski definition) is 1. The monoisotopic (exact) mass is 346 g/mol. The number of amides is 3. The van der Waals surface area contributed by atoms with Gasteiger partial charge >= 0.3 is 6.03 Å². The highest BCUT2D eigenvalue weighted by Gasteiger charge is 2.52. The molecule has 1 N–H and O–H groups in total. The number of hydrogen-bond acceptors (Lipinski definition) is 4. The minimum atomic E-state index is -0.629. The van der Waals surface area contributed by atoms with Gasteiger partial charge < -0.3 is 5.32 Å². The molecule has 1 aromatic heterocycles. The average molecular weight is 347 g/mol. The number of thioether (sulfide) groups is 1. The molecule has 3 rings (SSSR count). The molecule has 1 unspecified atom stereocenters. The third-order valence-corrected chi connectivity index (χ3v) is 6.01. The molecule has 4 nitrogen and oxygen atoms in total. The van der Waals surface area contributed by atoms with Gasteiger partial charge in [-0.05, 0) is 40.2 Å². The first-order valence-corrected chi connectivity index (χ1v) is 8.33.